The lowest BCUT2D eigenvalue weighted by atomic mass is 10.2. The fourth-order valence-corrected chi connectivity index (χ4v) is 1.15. The maximum atomic E-state index is 8.75. The fourth-order valence-electron chi connectivity index (χ4n) is 1.15. The van der Waals surface area contributed by atoms with Crippen molar-refractivity contribution in [2.45, 2.75) is 32.7 Å². The van der Waals surface area contributed by atoms with Gasteiger partial charge < -0.3 is 15.7 Å². The van der Waals surface area contributed by atoms with E-state index in [-0.39, 0.29) is 12.6 Å². The maximum absolute atomic E-state index is 8.75. The molecule has 0 heterocycles. The topological polar surface area (TPSA) is 49.5 Å². The van der Waals surface area contributed by atoms with Gasteiger partial charge in [0, 0.05) is 12.6 Å². The van der Waals surface area contributed by atoms with Crippen molar-refractivity contribution in [2.75, 3.05) is 26.2 Å². The van der Waals surface area contributed by atoms with Crippen LogP contribution in [0.3, 0.4) is 0 Å². The van der Waals surface area contributed by atoms with Crippen LogP contribution >= 0.6 is 0 Å². The number of unbranched alkanes of at least 4 members (excludes halogenated alkanes) is 1. The second-order valence-corrected chi connectivity index (χ2v) is 3.19. The smallest absolute Gasteiger partial charge is 0.0595 e. The SMILES string of the molecule is CCCCN(CC)CC(N)CO. The van der Waals surface area contributed by atoms with E-state index in [2.05, 4.69) is 18.7 Å². The average molecular weight is 174 g/mol. The maximum Gasteiger partial charge on any atom is 0.0595 e. The van der Waals surface area contributed by atoms with Crippen molar-refractivity contribution in [3.05, 3.63) is 0 Å². The van der Waals surface area contributed by atoms with Crippen molar-refractivity contribution in [1.29, 1.82) is 0 Å². The van der Waals surface area contributed by atoms with Gasteiger partial charge in [-0.25, -0.2) is 0 Å². The number of aliphatic hydroxyl groups excluding tert-OH is 1. The second-order valence-electron chi connectivity index (χ2n) is 3.19. The molecule has 1 atom stereocenters. The summed E-state index contributed by atoms with van der Waals surface area (Å²) in [5.74, 6) is 0. The van der Waals surface area contributed by atoms with Gasteiger partial charge in [-0.3, -0.25) is 0 Å². The van der Waals surface area contributed by atoms with Crippen LogP contribution in [0.5, 0.6) is 0 Å². The first-order chi connectivity index (χ1) is 5.74. The van der Waals surface area contributed by atoms with Crippen LogP contribution < -0.4 is 5.73 Å². The van der Waals surface area contributed by atoms with Crippen LogP contribution in [0.25, 0.3) is 0 Å². The molecule has 3 N–H and O–H groups in total. The number of likely N-dealkylation sites (N-methyl/N-ethyl adjacent to an activating group) is 1. The number of hydrogen-bond acceptors (Lipinski definition) is 3. The standard InChI is InChI=1S/C9H22N2O/c1-3-5-6-11(4-2)7-9(10)8-12/h9,12H,3-8,10H2,1-2H3. The highest BCUT2D eigenvalue weighted by Gasteiger charge is 2.06. The van der Waals surface area contributed by atoms with Crippen LogP contribution in [0.2, 0.25) is 0 Å². The molecule has 3 nitrogen and oxygen atoms in total. The van der Waals surface area contributed by atoms with Crippen molar-refractivity contribution in [3.63, 3.8) is 0 Å². The Kier molecular flexibility index (Phi) is 7.45. The van der Waals surface area contributed by atoms with Crippen LogP contribution in [-0.2, 0) is 0 Å². The molecule has 0 fully saturated rings. The summed E-state index contributed by atoms with van der Waals surface area (Å²) in [4.78, 5) is 2.28. The Morgan fingerprint density at radius 3 is 2.50 bits per heavy atom. The predicted octanol–water partition coefficient (Wildman–Crippen LogP) is 0.428. The van der Waals surface area contributed by atoms with Crippen molar-refractivity contribution >= 4 is 0 Å². The Morgan fingerprint density at radius 1 is 1.42 bits per heavy atom. The summed E-state index contributed by atoms with van der Waals surface area (Å²) in [5, 5.41) is 8.75. The van der Waals surface area contributed by atoms with Crippen molar-refractivity contribution in [3.8, 4) is 0 Å². The monoisotopic (exact) mass is 174 g/mol. The summed E-state index contributed by atoms with van der Waals surface area (Å²) in [6, 6.07) is -0.0817. The first kappa shape index (κ1) is 11.9. The molecule has 0 rings (SSSR count). The van der Waals surface area contributed by atoms with Gasteiger partial charge in [-0.15, -0.1) is 0 Å². The molecule has 1 unspecified atom stereocenters. The van der Waals surface area contributed by atoms with Crippen LogP contribution in [0.15, 0.2) is 0 Å². The average Bonchev–Trinajstić information content (AvgIpc) is 2.11. The van der Waals surface area contributed by atoms with Crippen LogP contribution in [0, 0.1) is 0 Å². The van der Waals surface area contributed by atoms with Gasteiger partial charge in [-0.2, -0.15) is 0 Å². The Labute approximate surface area is 75.6 Å². The third-order valence-electron chi connectivity index (χ3n) is 2.00. The lowest BCUT2D eigenvalue weighted by molar-refractivity contribution is 0.205. The molecular weight excluding hydrogens is 152 g/mol. The molecule has 0 aliphatic heterocycles. The lowest BCUT2D eigenvalue weighted by Crippen LogP contribution is -2.40. The van der Waals surface area contributed by atoms with E-state index in [1.165, 1.54) is 12.8 Å². The molecule has 3 heteroatoms. The summed E-state index contributed by atoms with van der Waals surface area (Å²) in [6.45, 7) is 7.32. The minimum absolute atomic E-state index is 0.0817. The van der Waals surface area contributed by atoms with Crippen molar-refractivity contribution < 1.29 is 5.11 Å². The molecule has 0 aliphatic rings. The fraction of sp³-hybridized carbons (Fsp3) is 1.00. The first-order valence-corrected chi connectivity index (χ1v) is 4.83. The minimum Gasteiger partial charge on any atom is -0.395 e. The van der Waals surface area contributed by atoms with E-state index in [1.807, 2.05) is 0 Å². The Morgan fingerprint density at radius 2 is 2.08 bits per heavy atom. The molecule has 12 heavy (non-hydrogen) atoms. The van der Waals surface area contributed by atoms with E-state index in [0.29, 0.717) is 0 Å². The minimum atomic E-state index is -0.0817. The van der Waals surface area contributed by atoms with Gasteiger partial charge >= 0.3 is 0 Å². The van der Waals surface area contributed by atoms with E-state index < -0.39 is 0 Å². The number of rotatable bonds is 7. The molecule has 0 aliphatic carbocycles. The highest BCUT2D eigenvalue weighted by Crippen LogP contribution is 1.95. The molecule has 0 bridgehead atoms. The largest absolute Gasteiger partial charge is 0.395 e. The highest BCUT2D eigenvalue weighted by atomic mass is 16.3. The van der Waals surface area contributed by atoms with Crippen LogP contribution in [0.4, 0.5) is 0 Å². The third-order valence-corrected chi connectivity index (χ3v) is 2.00. The summed E-state index contributed by atoms with van der Waals surface area (Å²) < 4.78 is 0. The zero-order valence-electron chi connectivity index (χ0n) is 8.29. The van der Waals surface area contributed by atoms with E-state index >= 15 is 0 Å². The van der Waals surface area contributed by atoms with Gasteiger partial charge in [0.1, 0.15) is 0 Å². The molecule has 0 aromatic carbocycles. The third kappa shape index (κ3) is 5.52. The first-order valence-electron chi connectivity index (χ1n) is 4.83. The molecule has 74 valence electrons. The van der Waals surface area contributed by atoms with Crippen LogP contribution in [0.1, 0.15) is 26.7 Å². The number of aliphatic hydroxyl groups is 1. The molecule has 0 aromatic heterocycles. The Bertz CT molecular complexity index is 98.5. The van der Waals surface area contributed by atoms with Gasteiger partial charge in [-0.1, -0.05) is 20.3 Å². The van der Waals surface area contributed by atoms with Gasteiger partial charge in [0.05, 0.1) is 6.61 Å². The Hall–Kier alpha value is -0.120. The summed E-state index contributed by atoms with van der Waals surface area (Å²) >= 11 is 0. The highest BCUT2D eigenvalue weighted by molar-refractivity contribution is 4.65. The van der Waals surface area contributed by atoms with E-state index in [9.17, 15) is 0 Å². The van der Waals surface area contributed by atoms with Gasteiger partial charge in [-0.05, 0) is 19.5 Å². The second kappa shape index (κ2) is 7.53. The molecule has 0 radical (unpaired) electrons. The van der Waals surface area contributed by atoms with Gasteiger partial charge in [0.25, 0.3) is 0 Å². The van der Waals surface area contributed by atoms with Gasteiger partial charge in [0.2, 0.25) is 0 Å². The Balaban J connectivity index is 3.51. The van der Waals surface area contributed by atoms with E-state index in [4.69, 9.17) is 10.8 Å². The van der Waals surface area contributed by atoms with Crippen molar-refractivity contribution in [1.82, 2.24) is 4.90 Å². The molecule has 0 saturated carbocycles. The molecule has 0 amide bonds. The predicted molar refractivity (Wildman–Crippen MR) is 52.1 cm³/mol. The van der Waals surface area contributed by atoms with E-state index in [1.54, 1.807) is 0 Å². The normalized spacial score (nSPS) is 13.8. The van der Waals surface area contributed by atoms with Gasteiger partial charge in [0.15, 0.2) is 0 Å². The number of nitrogens with zero attached hydrogens (tertiary/aromatic N) is 1. The zero-order chi connectivity index (χ0) is 9.40. The molecule has 0 spiro atoms. The quantitative estimate of drug-likeness (QED) is 0.588. The number of nitrogens with two attached hydrogens (primary N) is 1. The lowest BCUT2D eigenvalue weighted by Gasteiger charge is -2.22. The summed E-state index contributed by atoms with van der Waals surface area (Å²) in [5.41, 5.74) is 5.63. The number of hydrogen-bond donors (Lipinski definition) is 2. The van der Waals surface area contributed by atoms with Crippen LogP contribution in [-0.4, -0.2) is 42.3 Å². The molecule has 0 aromatic rings. The van der Waals surface area contributed by atoms with Crippen molar-refractivity contribution in [2.24, 2.45) is 5.73 Å². The molecule has 0 saturated heterocycles. The summed E-state index contributed by atoms with van der Waals surface area (Å²) in [7, 11) is 0. The van der Waals surface area contributed by atoms with E-state index in [0.717, 1.165) is 19.6 Å². The molecular formula is C9H22N2O. The zero-order valence-corrected chi connectivity index (χ0v) is 8.29. The summed E-state index contributed by atoms with van der Waals surface area (Å²) in [6.07, 6.45) is 2.43.